The summed E-state index contributed by atoms with van der Waals surface area (Å²) in [7, 11) is 0. The first-order valence-corrected chi connectivity index (χ1v) is 21.4. The third-order valence-corrected chi connectivity index (χ3v) is 13.8. The van der Waals surface area contributed by atoms with Crippen LogP contribution >= 0.6 is 0 Å². The maximum Gasteiger partial charge on any atom is 0.135 e. The molecule has 14 rings (SSSR count). The molecule has 288 valence electrons. The SMILES string of the molecule is c1ccc(N(c2ccc(-c3cc4c5c6c(cccc36)C3(c6ccccc6-c6ccccc63)c3cccc(c35)n4-c3ccccc3)cc2)c2ccc3oc4ccccc4c3c2)cc1. The van der Waals surface area contributed by atoms with Crippen molar-refractivity contribution in [3.05, 3.63) is 241 Å². The first kappa shape index (κ1) is 33.7. The van der Waals surface area contributed by atoms with Crippen molar-refractivity contribution in [2.75, 3.05) is 4.90 Å². The number of fused-ring (bicyclic) bond motifs is 10. The van der Waals surface area contributed by atoms with Gasteiger partial charge in [-0.05, 0) is 128 Å². The minimum Gasteiger partial charge on any atom is -0.456 e. The van der Waals surface area contributed by atoms with Crippen molar-refractivity contribution in [1.82, 2.24) is 4.57 Å². The molecule has 0 N–H and O–H groups in total. The highest BCUT2D eigenvalue weighted by molar-refractivity contribution is 6.29. The maximum atomic E-state index is 6.24. The fourth-order valence-corrected chi connectivity index (χ4v) is 11.4. The first-order valence-electron chi connectivity index (χ1n) is 21.4. The number of aromatic nitrogens is 1. The van der Waals surface area contributed by atoms with Crippen molar-refractivity contribution in [3.63, 3.8) is 0 Å². The van der Waals surface area contributed by atoms with E-state index in [1.165, 1.54) is 77.1 Å². The van der Waals surface area contributed by atoms with Gasteiger partial charge < -0.3 is 13.9 Å². The standard InChI is InChI=1S/C59H36N2O/c1-3-15-38(16-4-1)60(41-33-34-55-47(35-41)44-21-9-12-28-54(44)62-55)40-31-29-37(30-32-40)46-36-53-58-56-45(46)22-13-25-50(56)59(48-23-10-7-19-42(48)43-20-8-11-24-49(43)59)51-26-14-27-52(57(51)58)61(53)39-17-5-2-6-18-39/h1-36H. The Morgan fingerprint density at radius 3 is 1.71 bits per heavy atom. The van der Waals surface area contributed by atoms with Gasteiger partial charge in [0.25, 0.3) is 0 Å². The molecule has 12 aromatic rings. The Balaban J connectivity index is 1.03. The Kier molecular flexibility index (Phi) is 6.76. The lowest BCUT2D eigenvalue weighted by Crippen LogP contribution is -2.30. The predicted octanol–water partition coefficient (Wildman–Crippen LogP) is 15.6. The number of hydrogen-bond acceptors (Lipinski definition) is 2. The summed E-state index contributed by atoms with van der Waals surface area (Å²) in [6.45, 7) is 0. The van der Waals surface area contributed by atoms with Crippen LogP contribution < -0.4 is 4.90 Å². The molecule has 0 fully saturated rings. The van der Waals surface area contributed by atoms with Crippen LogP contribution in [0.15, 0.2) is 223 Å². The second kappa shape index (κ2) is 12.4. The topological polar surface area (TPSA) is 21.3 Å². The summed E-state index contributed by atoms with van der Waals surface area (Å²) in [6, 6.07) is 80.2. The van der Waals surface area contributed by atoms with Gasteiger partial charge in [-0.15, -0.1) is 0 Å². The molecule has 2 aromatic heterocycles. The zero-order valence-corrected chi connectivity index (χ0v) is 33.6. The Labute approximate surface area is 358 Å². The minimum absolute atomic E-state index is 0.477. The number of nitrogens with zero attached hydrogens (tertiary/aromatic N) is 2. The van der Waals surface area contributed by atoms with E-state index in [0.29, 0.717) is 0 Å². The van der Waals surface area contributed by atoms with E-state index in [2.05, 4.69) is 216 Å². The molecule has 0 saturated carbocycles. The van der Waals surface area contributed by atoms with Gasteiger partial charge in [-0.3, -0.25) is 0 Å². The van der Waals surface area contributed by atoms with E-state index in [1.54, 1.807) is 0 Å². The van der Waals surface area contributed by atoms with Crippen molar-refractivity contribution < 1.29 is 4.42 Å². The van der Waals surface area contributed by atoms with Gasteiger partial charge in [0.2, 0.25) is 0 Å². The average Bonchev–Trinajstić information content (AvgIpc) is 3.98. The number of anilines is 3. The molecular formula is C59H36N2O. The molecule has 2 aliphatic carbocycles. The molecule has 10 aromatic carbocycles. The second-order valence-corrected chi connectivity index (χ2v) is 16.8. The third kappa shape index (κ3) is 4.34. The van der Waals surface area contributed by atoms with Gasteiger partial charge in [0.05, 0.1) is 16.4 Å². The molecule has 0 unspecified atom stereocenters. The molecule has 2 aliphatic rings. The van der Waals surface area contributed by atoms with Crippen molar-refractivity contribution >= 4 is 71.6 Å². The van der Waals surface area contributed by atoms with Gasteiger partial charge in [-0.1, -0.05) is 146 Å². The zero-order valence-electron chi connectivity index (χ0n) is 33.6. The molecule has 1 spiro atoms. The van der Waals surface area contributed by atoms with E-state index in [4.69, 9.17) is 4.42 Å². The number of para-hydroxylation sites is 3. The molecule has 3 heteroatoms. The lowest BCUT2D eigenvalue weighted by molar-refractivity contribution is 0.669. The Hall–Kier alpha value is -8.14. The summed E-state index contributed by atoms with van der Waals surface area (Å²) in [5.74, 6) is 0. The Morgan fingerprint density at radius 1 is 0.355 bits per heavy atom. The van der Waals surface area contributed by atoms with Gasteiger partial charge in [0.1, 0.15) is 11.2 Å². The molecule has 0 bridgehead atoms. The van der Waals surface area contributed by atoms with E-state index >= 15 is 0 Å². The molecule has 0 atom stereocenters. The summed E-state index contributed by atoms with van der Waals surface area (Å²) < 4.78 is 8.74. The predicted molar refractivity (Wildman–Crippen MR) is 257 cm³/mol. The van der Waals surface area contributed by atoms with E-state index in [0.717, 1.165) is 44.7 Å². The lowest BCUT2D eigenvalue weighted by Gasteiger charge is -2.38. The van der Waals surface area contributed by atoms with Gasteiger partial charge in [-0.2, -0.15) is 0 Å². The highest BCUT2D eigenvalue weighted by Crippen LogP contribution is 2.62. The van der Waals surface area contributed by atoms with Crippen LogP contribution in [0.3, 0.4) is 0 Å². The minimum atomic E-state index is -0.477. The van der Waals surface area contributed by atoms with Crippen molar-refractivity contribution in [2.24, 2.45) is 0 Å². The van der Waals surface area contributed by atoms with Gasteiger partial charge in [0, 0.05) is 44.3 Å². The van der Waals surface area contributed by atoms with Crippen LogP contribution in [0.1, 0.15) is 22.3 Å². The molecule has 0 aliphatic heterocycles. The zero-order chi connectivity index (χ0) is 40.5. The van der Waals surface area contributed by atoms with Crippen molar-refractivity contribution in [1.29, 1.82) is 0 Å². The van der Waals surface area contributed by atoms with Crippen LogP contribution in [0.2, 0.25) is 0 Å². The fraction of sp³-hybridized carbons (Fsp3) is 0.0169. The highest BCUT2D eigenvalue weighted by Gasteiger charge is 2.50. The van der Waals surface area contributed by atoms with E-state index in [-0.39, 0.29) is 0 Å². The fourth-order valence-electron chi connectivity index (χ4n) is 11.4. The van der Waals surface area contributed by atoms with Gasteiger partial charge in [0.15, 0.2) is 0 Å². The average molecular weight is 789 g/mol. The number of furan rings is 1. The number of benzene rings is 10. The van der Waals surface area contributed by atoms with Crippen LogP contribution in [-0.2, 0) is 5.41 Å². The van der Waals surface area contributed by atoms with E-state index < -0.39 is 5.41 Å². The Morgan fingerprint density at radius 2 is 0.935 bits per heavy atom. The summed E-state index contributed by atoms with van der Waals surface area (Å²) in [5.41, 5.74) is 18.6. The summed E-state index contributed by atoms with van der Waals surface area (Å²) in [4.78, 5) is 2.34. The van der Waals surface area contributed by atoms with E-state index in [1.807, 2.05) is 12.1 Å². The molecule has 0 radical (unpaired) electrons. The van der Waals surface area contributed by atoms with Crippen LogP contribution in [0.25, 0.3) is 82.5 Å². The second-order valence-electron chi connectivity index (χ2n) is 16.8. The summed E-state index contributed by atoms with van der Waals surface area (Å²) >= 11 is 0. The maximum absolute atomic E-state index is 6.24. The van der Waals surface area contributed by atoms with E-state index in [9.17, 15) is 0 Å². The first-order chi connectivity index (χ1) is 30.8. The van der Waals surface area contributed by atoms with Gasteiger partial charge in [-0.25, -0.2) is 0 Å². The van der Waals surface area contributed by atoms with Crippen LogP contribution in [0, 0.1) is 0 Å². The van der Waals surface area contributed by atoms with Crippen molar-refractivity contribution in [3.8, 4) is 27.9 Å². The Bertz CT molecular complexity index is 3760. The molecule has 2 heterocycles. The third-order valence-electron chi connectivity index (χ3n) is 13.8. The molecular weight excluding hydrogens is 753 g/mol. The van der Waals surface area contributed by atoms with Crippen LogP contribution in [-0.4, -0.2) is 4.57 Å². The largest absolute Gasteiger partial charge is 0.456 e. The molecule has 62 heavy (non-hydrogen) atoms. The summed E-state index contributed by atoms with van der Waals surface area (Å²) in [6.07, 6.45) is 0. The summed E-state index contributed by atoms with van der Waals surface area (Å²) in [5, 5.41) is 7.49. The molecule has 0 saturated heterocycles. The normalized spacial score (nSPS) is 13.3. The van der Waals surface area contributed by atoms with Gasteiger partial charge >= 0.3 is 0 Å². The quantitative estimate of drug-likeness (QED) is 0.173. The lowest BCUT2D eigenvalue weighted by atomic mass is 9.63. The molecule has 3 nitrogen and oxygen atoms in total. The van der Waals surface area contributed by atoms with Crippen LogP contribution in [0.5, 0.6) is 0 Å². The highest BCUT2D eigenvalue weighted by atomic mass is 16.3. The number of rotatable bonds is 5. The number of hydrogen-bond donors (Lipinski definition) is 0. The monoisotopic (exact) mass is 788 g/mol. The molecule has 0 amide bonds. The van der Waals surface area contributed by atoms with Crippen LogP contribution in [0.4, 0.5) is 17.1 Å². The van der Waals surface area contributed by atoms with Crippen molar-refractivity contribution in [2.45, 2.75) is 5.41 Å². The smallest absolute Gasteiger partial charge is 0.135 e.